The van der Waals surface area contributed by atoms with Gasteiger partial charge in [0, 0.05) is 11.1 Å². The van der Waals surface area contributed by atoms with Crippen molar-refractivity contribution in [3.63, 3.8) is 0 Å². The van der Waals surface area contributed by atoms with E-state index in [1.54, 1.807) is 13.0 Å². The van der Waals surface area contributed by atoms with Gasteiger partial charge in [0.25, 0.3) is 0 Å². The Kier molecular flexibility index (Phi) is 2.85. The van der Waals surface area contributed by atoms with Crippen molar-refractivity contribution in [2.75, 3.05) is 0 Å². The molecule has 0 aromatic heterocycles. The van der Waals surface area contributed by atoms with Crippen molar-refractivity contribution < 1.29 is 9.59 Å². The largest absolute Gasteiger partial charge is 0.290 e. The standard InChI is InChI=1S/C13H16O2/c1-9-7-13(15)11(8-12(9)14)10-5-3-2-4-6-10/h7-8,10H,2-6H2,1H3. The Morgan fingerprint density at radius 3 is 2.33 bits per heavy atom. The highest BCUT2D eigenvalue weighted by Crippen LogP contribution is 2.31. The van der Waals surface area contributed by atoms with E-state index in [-0.39, 0.29) is 11.6 Å². The van der Waals surface area contributed by atoms with Crippen LogP contribution in [0.15, 0.2) is 23.3 Å². The molecule has 1 fully saturated rings. The molecular formula is C13H16O2. The summed E-state index contributed by atoms with van der Waals surface area (Å²) in [6.07, 6.45) is 8.83. The third-order valence-electron chi connectivity index (χ3n) is 3.35. The van der Waals surface area contributed by atoms with Gasteiger partial charge in [-0.2, -0.15) is 0 Å². The molecule has 0 radical (unpaired) electrons. The minimum absolute atomic E-state index is 0.00942. The highest BCUT2D eigenvalue weighted by atomic mass is 16.1. The second-order valence-electron chi connectivity index (χ2n) is 4.49. The van der Waals surface area contributed by atoms with Crippen LogP contribution in [-0.2, 0) is 9.59 Å². The molecule has 0 aromatic rings. The normalized spacial score (nSPS) is 23.8. The van der Waals surface area contributed by atoms with Crippen LogP contribution in [0, 0.1) is 5.92 Å². The number of ketones is 2. The molecule has 0 spiro atoms. The smallest absolute Gasteiger partial charge is 0.182 e. The molecule has 0 N–H and O–H groups in total. The Bertz CT molecular complexity index is 355. The van der Waals surface area contributed by atoms with Crippen molar-refractivity contribution in [1.82, 2.24) is 0 Å². The number of hydrogen-bond donors (Lipinski definition) is 0. The van der Waals surface area contributed by atoms with Gasteiger partial charge in [-0.1, -0.05) is 19.3 Å². The Labute approximate surface area is 90.1 Å². The molecular weight excluding hydrogens is 188 g/mol. The monoisotopic (exact) mass is 204 g/mol. The molecule has 0 heterocycles. The van der Waals surface area contributed by atoms with Crippen LogP contribution >= 0.6 is 0 Å². The molecule has 0 aromatic carbocycles. The summed E-state index contributed by atoms with van der Waals surface area (Å²) < 4.78 is 0. The third-order valence-corrected chi connectivity index (χ3v) is 3.35. The molecule has 0 amide bonds. The van der Waals surface area contributed by atoms with Gasteiger partial charge in [-0.25, -0.2) is 0 Å². The summed E-state index contributed by atoms with van der Waals surface area (Å²) in [5.74, 6) is 0.397. The highest BCUT2D eigenvalue weighted by Gasteiger charge is 2.25. The second-order valence-corrected chi connectivity index (χ2v) is 4.49. The summed E-state index contributed by atoms with van der Waals surface area (Å²) in [6, 6.07) is 0. The van der Waals surface area contributed by atoms with Gasteiger partial charge in [0.05, 0.1) is 0 Å². The first-order valence-electron chi connectivity index (χ1n) is 5.67. The van der Waals surface area contributed by atoms with Gasteiger partial charge in [0.2, 0.25) is 0 Å². The van der Waals surface area contributed by atoms with Crippen LogP contribution < -0.4 is 0 Å². The Balaban J connectivity index is 2.18. The van der Waals surface area contributed by atoms with Crippen LogP contribution in [0.4, 0.5) is 0 Å². The van der Waals surface area contributed by atoms with E-state index in [0.717, 1.165) is 18.4 Å². The fourth-order valence-corrected chi connectivity index (χ4v) is 2.41. The molecule has 80 valence electrons. The zero-order valence-corrected chi connectivity index (χ0v) is 9.08. The Morgan fingerprint density at radius 1 is 1.00 bits per heavy atom. The average molecular weight is 204 g/mol. The molecule has 15 heavy (non-hydrogen) atoms. The van der Waals surface area contributed by atoms with E-state index < -0.39 is 0 Å². The molecule has 2 nitrogen and oxygen atoms in total. The summed E-state index contributed by atoms with van der Waals surface area (Å²) in [6.45, 7) is 1.70. The molecule has 2 rings (SSSR count). The van der Waals surface area contributed by atoms with Crippen molar-refractivity contribution in [2.45, 2.75) is 39.0 Å². The maximum Gasteiger partial charge on any atom is 0.182 e. The summed E-state index contributed by atoms with van der Waals surface area (Å²) in [4.78, 5) is 23.2. The van der Waals surface area contributed by atoms with Crippen LogP contribution in [0.2, 0.25) is 0 Å². The van der Waals surface area contributed by atoms with E-state index in [2.05, 4.69) is 0 Å². The summed E-state index contributed by atoms with van der Waals surface area (Å²) in [5.41, 5.74) is 1.32. The van der Waals surface area contributed by atoms with Crippen molar-refractivity contribution in [3.8, 4) is 0 Å². The van der Waals surface area contributed by atoms with Crippen molar-refractivity contribution in [3.05, 3.63) is 23.3 Å². The Hall–Kier alpha value is -1.18. The zero-order valence-electron chi connectivity index (χ0n) is 9.08. The fraction of sp³-hybridized carbons (Fsp3) is 0.538. The van der Waals surface area contributed by atoms with E-state index in [9.17, 15) is 9.59 Å². The first-order chi connectivity index (χ1) is 7.18. The van der Waals surface area contributed by atoms with E-state index in [0.29, 0.717) is 11.5 Å². The lowest BCUT2D eigenvalue weighted by Gasteiger charge is -2.24. The van der Waals surface area contributed by atoms with Crippen molar-refractivity contribution in [1.29, 1.82) is 0 Å². The van der Waals surface area contributed by atoms with E-state index >= 15 is 0 Å². The molecule has 2 aliphatic rings. The van der Waals surface area contributed by atoms with Crippen molar-refractivity contribution in [2.24, 2.45) is 5.92 Å². The predicted molar refractivity (Wildman–Crippen MR) is 58.4 cm³/mol. The molecule has 0 aliphatic heterocycles. The van der Waals surface area contributed by atoms with Gasteiger partial charge in [-0.15, -0.1) is 0 Å². The first-order valence-corrected chi connectivity index (χ1v) is 5.67. The highest BCUT2D eigenvalue weighted by molar-refractivity contribution is 6.19. The van der Waals surface area contributed by atoms with Crippen LogP contribution in [0.1, 0.15) is 39.0 Å². The molecule has 1 saturated carbocycles. The summed E-state index contributed by atoms with van der Waals surface area (Å²) >= 11 is 0. The Morgan fingerprint density at radius 2 is 1.67 bits per heavy atom. The lowest BCUT2D eigenvalue weighted by atomic mass is 9.79. The van der Waals surface area contributed by atoms with Crippen LogP contribution in [-0.4, -0.2) is 11.6 Å². The number of carbonyl (C=O) groups is 2. The predicted octanol–water partition coefficient (Wildman–Crippen LogP) is 2.59. The lowest BCUT2D eigenvalue weighted by molar-refractivity contribution is -0.115. The SMILES string of the molecule is CC1=CC(=O)C(C2CCCCC2)=CC1=O. The summed E-state index contributed by atoms with van der Waals surface area (Å²) in [7, 11) is 0. The van der Waals surface area contributed by atoms with Crippen LogP contribution in [0.5, 0.6) is 0 Å². The van der Waals surface area contributed by atoms with Crippen LogP contribution in [0.25, 0.3) is 0 Å². The second kappa shape index (κ2) is 4.13. The number of carbonyl (C=O) groups excluding carboxylic acids is 2. The topological polar surface area (TPSA) is 34.1 Å². The quantitative estimate of drug-likeness (QED) is 0.615. The van der Waals surface area contributed by atoms with E-state index in [1.165, 1.54) is 25.3 Å². The molecule has 0 atom stereocenters. The van der Waals surface area contributed by atoms with Gasteiger partial charge in [0.15, 0.2) is 11.6 Å². The molecule has 2 aliphatic carbocycles. The third kappa shape index (κ3) is 2.09. The fourth-order valence-electron chi connectivity index (χ4n) is 2.41. The number of allylic oxidation sites excluding steroid dienone is 4. The lowest BCUT2D eigenvalue weighted by Crippen LogP contribution is -2.20. The van der Waals surface area contributed by atoms with Gasteiger partial charge in [-0.05, 0) is 37.8 Å². The van der Waals surface area contributed by atoms with Gasteiger partial charge in [0.1, 0.15) is 0 Å². The summed E-state index contributed by atoms with van der Waals surface area (Å²) in [5, 5.41) is 0. The van der Waals surface area contributed by atoms with E-state index in [1.807, 2.05) is 0 Å². The minimum atomic E-state index is 0.00942. The van der Waals surface area contributed by atoms with E-state index in [4.69, 9.17) is 0 Å². The molecule has 2 heteroatoms. The van der Waals surface area contributed by atoms with Crippen molar-refractivity contribution >= 4 is 11.6 Å². The molecule has 0 bridgehead atoms. The average Bonchev–Trinajstić information content (AvgIpc) is 2.25. The van der Waals surface area contributed by atoms with Gasteiger partial charge < -0.3 is 0 Å². The number of hydrogen-bond acceptors (Lipinski definition) is 2. The van der Waals surface area contributed by atoms with Gasteiger partial charge >= 0.3 is 0 Å². The molecule has 0 unspecified atom stereocenters. The zero-order chi connectivity index (χ0) is 10.8. The molecule has 0 saturated heterocycles. The maximum atomic E-state index is 11.8. The van der Waals surface area contributed by atoms with Crippen LogP contribution in [0.3, 0.4) is 0 Å². The van der Waals surface area contributed by atoms with Gasteiger partial charge in [-0.3, -0.25) is 9.59 Å². The first kappa shape index (κ1) is 10.3. The minimum Gasteiger partial charge on any atom is -0.290 e. The number of rotatable bonds is 1. The maximum absolute atomic E-state index is 11.8.